The number of hydrogen-bond donors (Lipinski definition) is 0. The minimum Gasteiger partial charge on any atom is -0.456 e. The summed E-state index contributed by atoms with van der Waals surface area (Å²) in [6.45, 7) is 4.69. The Labute approximate surface area is 372 Å². The maximum atomic E-state index is 6.56. The molecule has 64 heavy (non-hydrogen) atoms. The van der Waals surface area contributed by atoms with E-state index >= 15 is 0 Å². The van der Waals surface area contributed by atoms with Crippen LogP contribution < -0.4 is 0 Å². The minimum absolute atomic E-state index is 0.0927. The summed E-state index contributed by atoms with van der Waals surface area (Å²) < 4.78 is 6.56. The first kappa shape index (κ1) is 37.5. The Kier molecular flexibility index (Phi) is 8.80. The summed E-state index contributed by atoms with van der Waals surface area (Å²) in [6, 6.07) is 74.8. The molecule has 0 spiro atoms. The summed E-state index contributed by atoms with van der Waals surface area (Å²) in [4.78, 5) is 15.7. The third kappa shape index (κ3) is 6.26. The molecule has 4 heteroatoms. The van der Waals surface area contributed by atoms with E-state index in [0.717, 1.165) is 72.0 Å². The van der Waals surface area contributed by atoms with Gasteiger partial charge in [-0.3, -0.25) is 0 Å². The Morgan fingerprint density at radius 1 is 0.328 bits per heavy atom. The Bertz CT molecular complexity index is 3550. The second-order valence-corrected chi connectivity index (χ2v) is 17.1. The molecule has 4 nitrogen and oxygen atoms in total. The molecule has 0 N–H and O–H groups in total. The first-order chi connectivity index (χ1) is 31.5. The van der Waals surface area contributed by atoms with Crippen molar-refractivity contribution in [2.24, 2.45) is 0 Å². The van der Waals surface area contributed by atoms with Crippen LogP contribution in [0.5, 0.6) is 0 Å². The molecular formula is C60H41N3O. The van der Waals surface area contributed by atoms with Crippen LogP contribution in [0, 0.1) is 0 Å². The smallest absolute Gasteiger partial charge is 0.164 e. The van der Waals surface area contributed by atoms with Gasteiger partial charge in [0, 0.05) is 32.9 Å². The van der Waals surface area contributed by atoms with Crippen LogP contribution in [-0.4, -0.2) is 15.0 Å². The molecule has 1 aliphatic carbocycles. The molecule has 0 aliphatic heterocycles. The van der Waals surface area contributed by atoms with Crippen LogP contribution in [0.2, 0.25) is 0 Å². The number of rotatable bonds is 7. The predicted octanol–water partition coefficient (Wildman–Crippen LogP) is 15.7. The van der Waals surface area contributed by atoms with Gasteiger partial charge in [0.15, 0.2) is 17.5 Å². The molecule has 0 bridgehead atoms. The molecule has 2 aromatic heterocycles. The lowest BCUT2D eigenvalue weighted by Gasteiger charge is -2.24. The van der Waals surface area contributed by atoms with E-state index in [2.05, 4.69) is 196 Å². The molecular weight excluding hydrogens is 779 g/mol. The van der Waals surface area contributed by atoms with Gasteiger partial charge in [0.05, 0.1) is 0 Å². The Balaban J connectivity index is 0.976. The molecule has 0 radical (unpaired) electrons. The van der Waals surface area contributed by atoms with E-state index in [9.17, 15) is 0 Å². The second-order valence-electron chi connectivity index (χ2n) is 17.1. The van der Waals surface area contributed by atoms with Crippen molar-refractivity contribution in [3.63, 3.8) is 0 Å². The van der Waals surface area contributed by atoms with E-state index < -0.39 is 0 Å². The molecule has 0 saturated heterocycles. The van der Waals surface area contributed by atoms with Gasteiger partial charge in [0.25, 0.3) is 0 Å². The summed E-state index contributed by atoms with van der Waals surface area (Å²) in [5, 5.41) is 1.98. The van der Waals surface area contributed by atoms with Gasteiger partial charge in [-0.25, -0.2) is 15.0 Å². The molecule has 302 valence electrons. The van der Waals surface area contributed by atoms with E-state index in [1.165, 1.54) is 33.4 Å². The number of hydrogen-bond acceptors (Lipinski definition) is 4. The largest absolute Gasteiger partial charge is 0.456 e. The lowest BCUT2D eigenvalue weighted by molar-refractivity contribution is 0.662. The van der Waals surface area contributed by atoms with Crippen molar-refractivity contribution in [3.05, 3.63) is 223 Å². The molecule has 12 rings (SSSR count). The quantitative estimate of drug-likeness (QED) is 0.161. The van der Waals surface area contributed by atoms with Crippen molar-refractivity contribution in [3.8, 4) is 89.8 Å². The fourth-order valence-electron chi connectivity index (χ4n) is 9.86. The van der Waals surface area contributed by atoms with Crippen LogP contribution in [0.3, 0.4) is 0 Å². The average Bonchev–Trinajstić information content (AvgIpc) is 3.86. The van der Waals surface area contributed by atoms with Gasteiger partial charge in [-0.05, 0) is 85.0 Å². The van der Waals surface area contributed by atoms with E-state index in [0.29, 0.717) is 17.5 Å². The molecule has 0 saturated carbocycles. The van der Waals surface area contributed by atoms with Crippen molar-refractivity contribution >= 4 is 21.9 Å². The Morgan fingerprint density at radius 3 is 1.56 bits per heavy atom. The van der Waals surface area contributed by atoms with Crippen molar-refractivity contribution < 1.29 is 4.42 Å². The number of furan rings is 1. The first-order valence-corrected chi connectivity index (χ1v) is 21.8. The molecule has 11 aromatic rings. The third-order valence-corrected chi connectivity index (χ3v) is 13.0. The van der Waals surface area contributed by atoms with Crippen molar-refractivity contribution in [1.29, 1.82) is 0 Å². The second kappa shape index (κ2) is 15.0. The van der Waals surface area contributed by atoms with E-state index in [4.69, 9.17) is 19.4 Å². The molecule has 0 fully saturated rings. The maximum absolute atomic E-state index is 6.56. The van der Waals surface area contributed by atoms with Gasteiger partial charge in [-0.2, -0.15) is 0 Å². The zero-order valence-corrected chi connectivity index (χ0v) is 35.5. The van der Waals surface area contributed by atoms with Gasteiger partial charge in [-0.15, -0.1) is 0 Å². The van der Waals surface area contributed by atoms with Crippen molar-refractivity contribution in [2.45, 2.75) is 19.3 Å². The summed E-state index contributed by atoms with van der Waals surface area (Å²) >= 11 is 0. The summed E-state index contributed by atoms with van der Waals surface area (Å²) in [5.41, 5.74) is 18.8. The third-order valence-electron chi connectivity index (χ3n) is 13.0. The summed E-state index contributed by atoms with van der Waals surface area (Å²) in [5.74, 6) is 1.79. The zero-order chi connectivity index (χ0) is 42.8. The fourth-order valence-corrected chi connectivity index (χ4v) is 9.86. The van der Waals surface area contributed by atoms with Gasteiger partial charge >= 0.3 is 0 Å². The Hall–Kier alpha value is -8.21. The zero-order valence-electron chi connectivity index (χ0n) is 35.5. The van der Waals surface area contributed by atoms with Gasteiger partial charge in [0.2, 0.25) is 0 Å². The monoisotopic (exact) mass is 819 g/mol. The van der Waals surface area contributed by atoms with Gasteiger partial charge in [0.1, 0.15) is 11.2 Å². The lowest BCUT2D eigenvalue weighted by atomic mass is 9.79. The molecule has 1 aliphatic rings. The summed E-state index contributed by atoms with van der Waals surface area (Å²) in [6.07, 6.45) is 0. The molecule has 0 atom stereocenters. The predicted molar refractivity (Wildman–Crippen MR) is 263 cm³/mol. The molecule has 0 amide bonds. The highest BCUT2D eigenvalue weighted by Gasteiger charge is 2.37. The number of benzene rings is 9. The molecule has 2 heterocycles. The average molecular weight is 820 g/mol. The summed E-state index contributed by atoms with van der Waals surface area (Å²) in [7, 11) is 0. The van der Waals surface area contributed by atoms with E-state index in [-0.39, 0.29) is 5.41 Å². The maximum Gasteiger partial charge on any atom is 0.164 e. The van der Waals surface area contributed by atoms with E-state index in [1.54, 1.807) is 0 Å². The van der Waals surface area contributed by atoms with Crippen LogP contribution in [0.4, 0.5) is 0 Å². The van der Waals surface area contributed by atoms with Gasteiger partial charge < -0.3 is 4.42 Å². The number of fused-ring (bicyclic) bond motifs is 6. The van der Waals surface area contributed by atoms with Crippen molar-refractivity contribution in [1.82, 2.24) is 15.0 Å². The van der Waals surface area contributed by atoms with Crippen LogP contribution in [0.25, 0.3) is 112 Å². The van der Waals surface area contributed by atoms with Crippen LogP contribution in [-0.2, 0) is 5.41 Å². The number of nitrogens with zero attached hydrogens (tertiary/aromatic N) is 3. The van der Waals surface area contributed by atoms with Crippen LogP contribution in [0.15, 0.2) is 217 Å². The minimum atomic E-state index is -0.0927. The van der Waals surface area contributed by atoms with Gasteiger partial charge in [-0.1, -0.05) is 208 Å². The highest BCUT2D eigenvalue weighted by Crippen LogP contribution is 2.52. The van der Waals surface area contributed by atoms with Crippen LogP contribution >= 0.6 is 0 Å². The lowest BCUT2D eigenvalue weighted by Crippen LogP contribution is -2.16. The standard InChI is InChI=1S/C60H41N3O/c1-60(2)52-25-12-11-20-47(52)48-23-13-22-46(56(48)60)42-31-27-40(28-32-42)44-35-36-53-51(37-44)55-50(24-14-26-54(55)64-53)59-62-57(43-33-29-39(30-34-43)38-15-5-3-6-16-38)61-58(63-59)49-21-10-9-19-45(49)41-17-7-4-8-18-41/h3-37H,1-2H3. The normalized spacial score (nSPS) is 12.7. The van der Waals surface area contributed by atoms with E-state index in [1.807, 2.05) is 30.3 Å². The molecule has 9 aromatic carbocycles. The topological polar surface area (TPSA) is 51.8 Å². The number of aromatic nitrogens is 3. The fraction of sp³-hybridized carbons (Fsp3) is 0.0500. The SMILES string of the molecule is CC1(C)c2ccccc2-c2cccc(-c3ccc(-c4ccc5oc6cccc(-c7nc(-c8ccc(-c9ccccc9)cc8)nc(-c8ccccc8-c8ccccc8)n7)c6c5c4)cc3)c21. The Morgan fingerprint density at radius 2 is 0.812 bits per heavy atom. The van der Waals surface area contributed by atoms with Crippen LogP contribution in [0.1, 0.15) is 25.0 Å². The first-order valence-electron chi connectivity index (χ1n) is 21.8. The highest BCUT2D eigenvalue weighted by molar-refractivity contribution is 6.13. The highest BCUT2D eigenvalue weighted by atomic mass is 16.3. The van der Waals surface area contributed by atoms with Crippen molar-refractivity contribution in [2.75, 3.05) is 0 Å². The molecule has 0 unspecified atom stereocenters.